The van der Waals surface area contributed by atoms with Crippen molar-refractivity contribution in [1.29, 1.82) is 0 Å². The van der Waals surface area contributed by atoms with E-state index >= 15 is 0 Å². The molecule has 0 fully saturated rings. The van der Waals surface area contributed by atoms with E-state index in [9.17, 15) is 18.0 Å². The van der Waals surface area contributed by atoms with Crippen LogP contribution in [-0.2, 0) is 12.6 Å². The normalized spacial score (nSPS) is 11.3. The van der Waals surface area contributed by atoms with Gasteiger partial charge in [0.1, 0.15) is 5.76 Å². The predicted octanol–water partition coefficient (Wildman–Crippen LogP) is 3.27. The number of rotatable bonds is 4. The Morgan fingerprint density at radius 2 is 1.85 bits per heavy atom. The second-order valence-corrected chi connectivity index (χ2v) is 4.16. The van der Waals surface area contributed by atoms with E-state index in [-0.39, 0.29) is 5.56 Å². The summed E-state index contributed by atoms with van der Waals surface area (Å²) in [5.74, 6) is 0.322. The summed E-state index contributed by atoms with van der Waals surface area (Å²) in [6.07, 6.45) is -2.33. The molecule has 0 unspecified atom stereocenters. The maximum Gasteiger partial charge on any atom is 0.416 e. The standard InChI is InChI=1S/C14H12F3NO2/c15-14(16,17)11-5-3-10(4-6-11)13(19)18-8-7-12-2-1-9-20-12/h1-6,9H,7-8H2,(H,18,19). The van der Waals surface area contributed by atoms with Gasteiger partial charge in [-0.05, 0) is 36.4 Å². The molecule has 0 aliphatic rings. The van der Waals surface area contributed by atoms with Gasteiger partial charge in [-0.3, -0.25) is 4.79 Å². The molecule has 0 aliphatic carbocycles. The van der Waals surface area contributed by atoms with E-state index < -0.39 is 17.6 Å². The number of nitrogens with one attached hydrogen (secondary N) is 1. The summed E-state index contributed by atoms with van der Waals surface area (Å²) >= 11 is 0. The maximum absolute atomic E-state index is 12.4. The Hall–Kier alpha value is -2.24. The van der Waals surface area contributed by atoms with Gasteiger partial charge >= 0.3 is 6.18 Å². The number of carbonyl (C=O) groups is 1. The highest BCUT2D eigenvalue weighted by molar-refractivity contribution is 5.94. The zero-order valence-electron chi connectivity index (χ0n) is 10.4. The van der Waals surface area contributed by atoms with Gasteiger partial charge in [-0.15, -0.1) is 0 Å². The molecule has 0 radical (unpaired) electrons. The van der Waals surface area contributed by atoms with Crippen molar-refractivity contribution in [1.82, 2.24) is 5.32 Å². The highest BCUT2D eigenvalue weighted by atomic mass is 19.4. The van der Waals surface area contributed by atoms with E-state index in [4.69, 9.17) is 4.42 Å². The minimum atomic E-state index is -4.39. The zero-order valence-corrected chi connectivity index (χ0v) is 10.4. The van der Waals surface area contributed by atoms with Crippen LogP contribution in [-0.4, -0.2) is 12.5 Å². The van der Waals surface area contributed by atoms with Gasteiger partial charge in [-0.25, -0.2) is 0 Å². The Morgan fingerprint density at radius 3 is 2.40 bits per heavy atom. The van der Waals surface area contributed by atoms with Crippen LogP contribution in [0.15, 0.2) is 47.1 Å². The summed E-state index contributed by atoms with van der Waals surface area (Å²) in [6.45, 7) is 0.355. The van der Waals surface area contributed by atoms with Crippen molar-refractivity contribution < 1.29 is 22.4 Å². The second kappa shape index (κ2) is 5.81. The lowest BCUT2D eigenvalue weighted by Gasteiger charge is -2.08. The van der Waals surface area contributed by atoms with Crippen LogP contribution in [0.25, 0.3) is 0 Å². The van der Waals surface area contributed by atoms with Crippen LogP contribution in [0.5, 0.6) is 0 Å². The van der Waals surface area contributed by atoms with Crippen LogP contribution in [0.1, 0.15) is 21.7 Å². The summed E-state index contributed by atoms with van der Waals surface area (Å²) in [5.41, 5.74) is -0.581. The lowest BCUT2D eigenvalue weighted by atomic mass is 10.1. The van der Waals surface area contributed by atoms with Crippen LogP contribution < -0.4 is 5.32 Å². The Bertz CT molecular complexity index is 559. The first-order chi connectivity index (χ1) is 9.47. The highest BCUT2D eigenvalue weighted by Gasteiger charge is 2.30. The van der Waals surface area contributed by atoms with E-state index in [0.717, 1.165) is 30.0 Å². The number of furan rings is 1. The molecule has 2 rings (SSSR count). The van der Waals surface area contributed by atoms with Crippen LogP contribution in [0.4, 0.5) is 13.2 Å². The Kier molecular flexibility index (Phi) is 4.12. The molecule has 0 atom stereocenters. The number of carbonyl (C=O) groups excluding carboxylic acids is 1. The van der Waals surface area contributed by atoms with Crippen LogP contribution in [0.3, 0.4) is 0 Å². The molecule has 1 heterocycles. The van der Waals surface area contributed by atoms with Crippen LogP contribution >= 0.6 is 0 Å². The lowest BCUT2D eigenvalue weighted by molar-refractivity contribution is -0.137. The number of halogens is 3. The third-order valence-electron chi connectivity index (χ3n) is 2.71. The minimum absolute atomic E-state index is 0.192. The number of hydrogen-bond acceptors (Lipinski definition) is 2. The number of benzene rings is 1. The first kappa shape index (κ1) is 14.2. The first-order valence-electron chi connectivity index (χ1n) is 5.94. The molecule has 0 saturated heterocycles. The van der Waals surface area contributed by atoms with E-state index in [1.54, 1.807) is 12.1 Å². The molecule has 0 saturated carbocycles. The van der Waals surface area contributed by atoms with Gasteiger partial charge in [0.05, 0.1) is 11.8 Å². The number of alkyl halides is 3. The molecule has 20 heavy (non-hydrogen) atoms. The van der Waals surface area contributed by atoms with Crippen molar-refractivity contribution in [2.24, 2.45) is 0 Å². The van der Waals surface area contributed by atoms with Crippen molar-refractivity contribution >= 4 is 5.91 Å². The minimum Gasteiger partial charge on any atom is -0.469 e. The van der Waals surface area contributed by atoms with Crippen molar-refractivity contribution in [3.8, 4) is 0 Å². The molecule has 0 bridgehead atoms. The first-order valence-corrected chi connectivity index (χ1v) is 5.94. The third-order valence-corrected chi connectivity index (χ3v) is 2.71. The zero-order chi connectivity index (χ0) is 14.6. The monoisotopic (exact) mass is 283 g/mol. The molecule has 1 aromatic carbocycles. The van der Waals surface area contributed by atoms with Crippen molar-refractivity contribution in [3.63, 3.8) is 0 Å². The van der Waals surface area contributed by atoms with Crippen molar-refractivity contribution in [2.75, 3.05) is 6.54 Å². The van der Waals surface area contributed by atoms with Gasteiger partial charge in [0.2, 0.25) is 0 Å². The summed E-state index contributed by atoms with van der Waals surface area (Å²) < 4.78 is 42.2. The molecule has 0 spiro atoms. The Balaban J connectivity index is 1.89. The summed E-state index contributed by atoms with van der Waals surface area (Å²) in [7, 11) is 0. The van der Waals surface area contributed by atoms with Crippen molar-refractivity contribution in [2.45, 2.75) is 12.6 Å². The molecule has 1 amide bonds. The molecule has 0 aliphatic heterocycles. The molecule has 1 aromatic heterocycles. The average Bonchev–Trinajstić information content (AvgIpc) is 2.91. The third kappa shape index (κ3) is 3.63. The summed E-state index contributed by atoms with van der Waals surface area (Å²) in [6, 6.07) is 7.62. The van der Waals surface area contributed by atoms with Gasteiger partial charge in [0, 0.05) is 18.5 Å². The SMILES string of the molecule is O=C(NCCc1ccco1)c1ccc(C(F)(F)F)cc1. The molecule has 3 nitrogen and oxygen atoms in total. The molecule has 106 valence electrons. The highest BCUT2D eigenvalue weighted by Crippen LogP contribution is 2.28. The lowest BCUT2D eigenvalue weighted by Crippen LogP contribution is -2.25. The van der Waals surface area contributed by atoms with Crippen molar-refractivity contribution in [3.05, 3.63) is 59.5 Å². The quantitative estimate of drug-likeness (QED) is 0.935. The fraction of sp³-hybridized carbons (Fsp3) is 0.214. The van der Waals surface area contributed by atoms with E-state index in [1.165, 1.54) is 6.26 Å². The van der Waals surface area contributed by atoms with Gasteiger partial charge in [0.25, 0.3) is 5.91 Å². The van der Waals surface area contributed by atoms with Gasteiger partial charge < -0.3 is 9.73 Å². The fourth-order valence-corrected chi connectivity index (χ4v) is 1.67. The molecular formula is C14H12F3NO2. The summed E-state index contributed by atoms with van der Waals surface area (Å²) in [4.78, 5) is 11.7. The van der Waals surface area contributed by atoms with Crippen LogP contribution in [0.2, 0.25) is 0 Å². The van der Waals surface area contributed by atoms with Gasteiger partial charge in [-0.2, -0.15) is 13.2 Å². The number of amides is 1. The average molecular weight is 283 g/mol. The largest absolute Gasteiger partial charge is 0.469 e. The smallest absolute Gasteiger partial charge is 0.416 e. The van der Waals surface area contributed by atoms with Gasteiger partial charge in [-0.1, -0.05) is 0 Å². The van der Waals surface area contributed by atoms with Crippen LogP contribution in [0, 0.1) is 0 Å². The predicted molar refractivity (Wildman–Crippen MR) is 66.2 cm³/mol. The van der Waals surface area contributed by atoms with E-state index in [2.05, 4.69) is 5.32 Å². The Morgan fingerprint density at radius 1 is 1.15 bits per heavy atom. The molecule has 2 aromatic rings. The second-order valence-electron chi connectivity index (χ2n) is 4.16. The molecule has 6 heteroatoms. The van der Waals surface area contributed by atoms with Gasteiger partial charge in [0.15, 0.2) is 0 Å². The van der Waals surface area contributed by atoms with E-state index in [0.29, 0.717) is 13.0 Å². The topological polar surface area (TPSA) is 42.2 Å². The molecular weight excluding hydrogens is 271 g/mol. The fourth-order valence-electron chi connectivity index (χ4n) is 1.67. The Labute approximate surface area is 113 Å². The number of hydrogen-bond donors (Lipinski definition) is 1. The molecule has 1 N–H and O–H groups in total. The maximum atomic E-state index is 12.4. The van der Waals surface area contributed by atoms with E-state index in [1.807, 2.05) is 0 Å². The summed E-state index contributed by atoms with van der Waals surface area (Å²) in [5, 5.41) is 2.62.